The van der Waals surface area contributed by atoms with E-state index in [0.717, 1.165) is 6.42 Å². The van der Waals surface area contributed by atoms with Crippen LogP contribution in [0.1, 0.15) is 72.1 Å². The van der Waals surface area contributed by atoms with Gasteiger partial charge in [-0.1, -0.05) is 117 Å². The highest BCUT2D eigenvalue weighted by Crippen LogP contribution is 2.37. The van der Waals surface area contributed by atoms with Gasteiger partial charge in [-0.3, -0.25) is 4.84 Å². The van der Waals surface area contributed by atoms with Crippen molar-refractivity contribution in [2.45, 2.75) is 72.6 Å². The van der Waals surface area contributed by atoms with Crippen LogP contribution >= 0.6 is 0 Å². The van der Waals surface area contributed by atoms with Gasteiger partial charge in [0.1, 0.15) is 0 Å². The van der Waals surface area contributed by atoms with Crippen LogP contribution in [0.2, 0.25) is 0 Å². The molecular weight excluding hydrogens is 486 g/mol. The normalized spacial score (nSPS) is 14.9. The standard InChI is InChI=1S/C38H43NO/c1-8-15-31-32-21-12-18-28-19-13-22-33(35(28)32)34-23-14-20-29(36(31)34)25-24-27(4)40-39(38(5,6)7)37(26(2)3)30-16-10-9-11-17-30/h8-23,25-27,37H,24H2,1-7H3. The fraction of sp³-hybridized carbons (Fsp3) is 0.316. The molecule has 0 saturated carbocycles. The number of hydrogen-bond donors (Lipinski definition) is 0. The van der Waals surface area contributed by atoms with Gasteiger partial charge in [0.2, 0.25) is 0 Å². The van der Waals surface area contributed by atoms with E-state index in [4.69, 9.17) is 4.84 Å². The summed E-state index contributed by atoms with van der Waals surface area (Å²) in [6.45, 7) is 15.6. The average molecular weight is 530 g/mol. The molecule has 5 rings (SSSR count). The Morgan fingerprint density at radius 1 is 0.750 bits per heavy atom. The highest BCUT2D eigenvalue weighted by atomic mass is 16.7. The van der Waals surface area contributed by atoms with Gasteiger partial charge in [0, 0.05) is 5.54 Å². The van der Waals surface area contributed by atoms with Crippen LogP contribution in [0.3, 0.4) is 0 Å². The molecule has 2 nitrogen and oxygen atoms in total. The Bertz CT molecular complexity index is 1690. The first-order valence-electron chi connectivity index (χ1n) is 14.7. The van der Waals surface area contributed by atoms with E-state index in [1.807, 2.05) is 0 Å². The van der Waals surface area contributed by atoms with Crippen molar-refractivity contribution in [2.24, 2.45) is 5.92 Å². The van der Waals surface area contributed by atoms with Crippen LogP contribution in [0.25, 0.3) is 44.5 Å². The van der Waals surface area contributed by atoms with Crippen molar-refractivity contribution in [3.05, 3.63) is 107 Å². The van der Waals surface area contributed by atoms with Gasteiger partial charge in [-0.25, -0.2) is 0 Å². The van der Waals surface area contributed by atoms with Crippen LogP contribution in [0.5, 0.6) is 0 Å². The summed E-state index contributed by atoms with van der Waals surface area (Å²) in [6.07, 6.45) is 7.64. The molecule has 0 aromatic heterocycles. The summed E-state index contributed by atoms with van der Waals surface area (Å²) in [5, 5.41) is 11.4. The van der Waals surface area contributed by atoms with E-state index in [1.165, 1.54) is 48.7 Å². The lowest BCUT2D eigenvalue weighted by atomic mass is 9.89. The smallest absolute Gasteiger partial charge is 0.0800 e. The fourth-order valence-electron chi connectivity index (χ4n) is 6.14. The lowest BCUT2D eigenvalue weighted by Crippen LogP contribution is -2.47. The van der Waals surface area contributed by atoms with E-state index in [0.29, 0.717) is 5.92 Å². The molecule has 0 aliphatic heterocycles. The van der Waals surface area contributed by atoms with Gasteiger partial charge < -0.3 is 0 Å². The maximum Gasteiger partial charge on any atom is 0.0800 e. The van der Waals surface area contributed by atoms with Gasteiger partial charge in [0.25, 0.3) is 0 Å². The maximum atomic E-state index is 6.82. The summed E-state index contributed by atoms with van der Waals surface area (Å²) in [7, 11) is 0. The summed E-state index contributed by atoms with van der Waals surface area (Å²) in [4.78, 5) is 6.82. The zero-order chi connectivity index (χ0) is 28.4. The van der Waals surface area contributed by atoms with Crippen molar-refractivity contribution in [3.8, 4) is 0 Å². The van der Waals surface area contributed by atoms with E-state index >= 15 is 0 Å². The van der Waals surface area contributed by atoms with Crippen LogP contribution in [0, 0.1) is 5.92 Å². The first-order chi connectivity index (χ1) is 19.2. The fourth-order valence-corrected chi connectivity index (χ4v) is 6.14. The maximum absolute atomic E-state index is 6.82. The molecule has 2 unspecified atom stereocenters. The van der Waals surface area contributed by atoms with Crippen LogP contribution in [0.15, 0.2) is 91.0 Å². The van der Waals surface area contributed by atoms with Gasteiger partial charge >= 0.3 is 0 Å². The summed E-state index contributed by atoms with van der Waals surface area (Å²) in [5.74, 6) is 0.403. The summed E-state index contributed by atoms with van der Waals surface area (Å²) < 4.78 is 0. The molecule has 5 aromatic rings. The molecule has 0 spiro atoms. The molecule has 206 valence electrons. The number of hydrogen-bond acceptors (Lipinski definition) is 2. The van der Waals surface area contributed by atoms with Gasteiger partial charge in [-0.05, 0) is 95.6 Å². The summed E-state index contributed by atoms with van der Waals surface area (Å²) in [6, 6.07) is 31.0. The molecule has 2 atom stereocenters. The minimum Gasteiger partial charge on any atom is -0.295 e. The monoisotopic (exact) mass is 529 g/mol. The van der Waals surface area contributed by atoms with Crippen LogP contribution < -0.4 is 5.22 Å². The van der Waals surface area contributed by atoms with E-state index in [2.05, 4.69) is 157 Å². The molecule has 0 amide bonds. The van der Waals surface area contributed by atoms with Crippen molar-refractivity contribution in [1.82, 2.24) is 5.06 Å². The number of nitrogens with zero attached hydrogens (tertiary/aromatic N) is 1. The van der Waals surface area contributed by atoms with Gasteiger partial charge in [-0.15, -0.1) is 0 Å². The predicted molar refractivity (Wildman–Crippen MR) is 174 cm³/mol. The molecular formula is C38H43NO. The lowest BCUT2D eigenvalue weighted by Gasteiger charge is -2.43. The Kier molecular flexibility index (Phi) is 8.12. The Morgan fingerprint density at radius 3 is 2.00 bits per heavy atom. The second-order valence-electron chi connectivity index (χ2n) is 12.3. The molecule has 0 aliphatic carbocycles. The third-order valence-electron chi connectivity index (χ3n) is 7.83. The van der Waals surface area contributed by atoms with Crippen molar-refractivity contribution in [3.63, 3.8) is 0 Å². The van der Waals surface area contributed by atoms with Crippen molar-refractivity contribution in [2.75, 3.05) is 0 Å². The zero-order valence-corrected chi connectivity index (χ0v) is 25.1. The topological polar surface area (TPSA) is 12.5 Å². The molecule has 5 aromatic carbocycles. The number of rotatable bonds is 8. The SMILES string of the molecule is CC=Cc1c2cccc3cccc(c4cccc(=CCC(C)ON(C(c5ccccc5)C(C)C)C(C)(C)C)c14)c32. The van der Waals surface area contributed by atoms with Crippen molar-refractivity contribution >= 4 is 44.5 Å². The Hall–Kier alpha value is -3.46. The molecule has 0 radical (unpaired) electrons. The number of hydroxylamine groups is 2. The number of benzene rings is 5. The Balaban J connectivity index is 1.57. The molecule has 0 fully saturated rings. The predicted octanol–water partition coefficient (Wildman–Crippen LogP) is 9.89. The van der Waals surface area contributed by atoms with Gasteiger partial charge in [-0.2, -0.15) is 5.06 Å². The van der Waals surface area contributed by atoms with Gasteiger partial charge in [0.05, 0.1) is 12.1 Å². The second kappa shape index (κ2) is 11.6. The van der Waals surface area contributed by atoms with E-state index in [1.54, 1.807) is 0 Å². The van der Waals surface area contributed by atoms with Crippen LogP contribution in [-0.4, -0.2) is 16.7 Å². The minimum atomic E-state index is -0.153. The third-order valence-corrected chi connectivity index (χ3v) is 7.83. The number of fused-ring (bicyclic) bond motifs is 2. The van der Waals surface area contributed by atoms with Crippen LogP contribution in [0.4, 0.5) is 0 Å². The highest BCUT2D eigenvalue weighted by Gasteiger charge is 2.34. The second-order valence-corrected chi connectivity index (χ2v) is 12.3. The Morgan fingerprint density at radius 2 is 1.38 bits per heavy atom. The van der Waals surface area contributed by atoms with Crippen molar-refractivity contribution in [1.29, 1.82) is 0 Å². The third kappa shape index (κ3) is 5.44. The summed E-state index contributed by atoms with van der Waals surface area (Å²) in [5.41, 5.74) is 2.43. The average Bonchev–Trinajstić information content (AvgIpc) is 2.93. The minimum absolute atomic E-state index is 0.0181. The van der Waals surface area contributed by atoms with Gasteiger partial charge in [0.15, 0.2) is 0 Å². The molecule has 0 aliphatic rings. The summed E-state index contributed by atoms with van der Waals surface area (Å²) >= 11 is 0. The molecule has 2 heteroatoms. The lowest BCUT2D eigenvalue weighted by molar-refractivity contribution is -0.268. The first kappa shape index (κ1) is 28.1. The Labute approximate surface area is 239 Å². The zero-order valence-electron chi connectivity index (χ0n) is 25.1. The first-order valence-corrected chi connectivity index (χ1v) is 14.7. The van der Waals surface area contributed by atoms with E-state index < -0.39 is 0 Å². The highest BCUT2D eigenvalue weighted by molar-refractivity contribution is 6.24. The number of allylic oxidation sites excluding steroid dienone is 1. The molecule has 0 heterocycles. The molecule has 0 saturated heterocycles. The largest absolute Gasteiger partial charge is 0.295 e. The van der Waals surface area contributed by atoms with E-state index in [-0.39, 0.29) is 17.7 Å². The molecule has 0 bridgehead atoms. The molecule has 0 N–H and O–H groups in total. The van der Waals surface area contributed by atoms with Crippen LogP contribution in [-0.2, 0) is 4.84 Å². The molecule has 40 heavy (non-hydrogen) atoms. The quantitative estimate of drug-likeness (QED) is 0.113. The van der Waals surface area contributed by atoms with Crippen molar-refractivity contribution < 1.29 is 4.84 Å². The van der Waals surface area contributed by atoms with E-state index in [9.17, 15) is 0 Å².